The molecule has 1 aliphatic heterocycles. The topological polar surface area (TPSA) is 110 Å². The second-order valence-electron chi connectivity index (χ2n) is 7.26. The van der Waals surface area contributed by atoms with E-state index in [1.54, 1.807) is 24.4 Å². The highest BCUT2D eigenvalue weighted by molar-refractivity contribution is 7.89. The molecule has 0 amide bonds. The third kappa shape index (κ3) is 2.98. The van der Waals surface area contributed by atoms with Gasteiger partial charge in [-0.2, -0.15) is 0 Å². The van der Waals surface area contributed by atoms with E-state index in [1.165, 1.54) is 12.8 Å². The van der Waals surface area contributed by atoms with Crippen LogP contribution in [0.5, 0.6) is 0 Å². The quantitative estimate of drug-likeness (QED) is 0.696. The number of hydrogen-bond donors (Lipinski definition) is 1. The second kappa shape index (κ2) is 6.42. The number of primary sulfonamides is 1. The summed E-state index contributed by atoms with van der Waals surface area (Å²) in [5.41, 5.74) is 1.43. The summed E-state index contributed by atoms with van der Waals surface area (Å²) in [6.45, 7) is 2.74. The van der Waals surface area contributed by atoms with E-state index in [1.807, 2.05) is 16.7 Å². The Morgan fingerprint density at radius 2 is 1.71 bits per heavy atom. The van der Waals surface area contributed by atoms with Crippen LogP contribution < -0.4 is 14.9 Å². The molecule has 2 fully saturated rings. The molecule has 0 unspecified atom stereocenters. The first-order chi connectivity index (χ1) is 13.5. The number of hydrogen-bond acceptors (Lipinski definition) is 7. The number of sulfonamides is 1. The zero-order valence-corrected chi connectivity index (χ0v) is 16.1. The SMILES string of the molecule is NS(=O)(=O)c1ccccc1N1CCN(c2nccn3c(C4CC4)nnc23)CC1. The Balaban J connectivity index is 1.40. The zero-order chi connectivity index (χ0) is 19.3. The first-order valence-electron chi connectivity index (χ1n) is 9.34. The number of nitrogens with zero attached hydrogens (tertiary/aromatic N) is 6. The van der Waals surface area contributed by atoms with E-state index in [2.05, 4.69) is 25.0 Å². The summed E-state index contributed by atoms with van der Waals surface area (Å²) in [5, 5.41) is 14.1. The van der Waals surface area contributed by atoms with Crippen molar-refractivity contribution >= 4 is 27.2 Å². The molecule has 9 nitrogen and oxygen atoms in total. The third-order valence-corrected chi connectivity index (χ3v) is 6.33. The molecule has 2 N–H and O–H groups in total. The molecule has 0 bridgehead atoms. The van der Waals surface area contributed by atoms with Gasteiger partial charge in [-0.15, -0.1) is 10.2 Å². The summed E-state index contributed by atoms with van der Waals surface area (Å²) >= 11 is 0. The van der Waals surface area contributed by atoms with Crippen molar-refractivity contribution in [3.05, 3.63) is 42.5 Å². The lowest BCUT2D eigenvalue weighted by atomic mass is 10.2. The van der Waals surface area contributed by atoms with Crippen LogP contribution in [0.25, 0.3) is 5.65 Å². The van der Waals surface area contributed by atoms with Crippen LogP contribution in [0, 0.1) is 0 Å². The Morgan fingerprint density at radius 1 is 1.00 bits per heavy atom. The first kappa shape index (κ1) is 17.4. The van der Waals surface area contributed by atoms with Gasteiger partial charge >= 0.3 is 0 Å². The Kier molecular flexibility index (Phi) is 3.98. The highest BCUT2D eigenvalue weighted by Gasteiger charge is 2.30. The second-order valence-corrected chi connectivity index (χ2v) is 8.79. The highest BCUT2D eigenvalue weighted by Crippen LogP contribution is 2.39. The van der Waals surface area contributed by atoms with Gasteiger partial charge in [0.05, 0.1) is 5.69 Å². The smallest absolute Gasteiger partial charge is 0.240 e. The van der Waals surface area contributed by atoms with Crippen molar-refractivity contribution in [2.45, 2.75) is 23.7 Å². The van der Waals surface area contributed by atoms with Gasteiger partial charge in [-0.1, -0.05) is 12.1 Å². The predicted molar refractivity (Wildman–Crippen MR) is 105 cm³/mol. The van der Waals surface area contributed by atoms with Crippen molar-refractivity contribution in [3.63, 3.8) is 0 Å². The molecule has 1 aromatic carbocycles. The van der Waals surface area contributed by atoms with Crippen LogP contribution in [-0.2, 0) is 10.0 Å². The first-order valence-corrected chi connectivity index (χ1v) is 10.9. The molecule has 146 valence electrons. The van der Waals surface area contributed by atoms with Crippen LogP contribution >= 0.6 is 0 Å². The lowest BCUT2D eigenvalue weighted by molar-refractivity contribution is 0.595. The largest absolute Gasteiger partial charge is 0.367 e. The molecule has 5 rings (SSSR count). The van der Waals surface area contributed by atoms with E-state index in [9.17, 15) is 8.42 Å². The Labute approximate surface area is 162 Å². The Hall–Kier alpha value is -2.72. The molecule has 2 aromatic heterocycles. The molecule has 10 heteroatoms. The van der Waals surface area contributed by atoms with Gasteiger partial charge in [0.2, 0.25) is 15.7 Å². The van der Waals surface area contributed by atoms with Crippen molar-refractivity contribution in [1.29, 1.82) is 0 Å². The molecular weight excluding hydrogens is 378 g/mol. The summed E-state index contributed by atoms with van der Waals surface area (Å²) in [4.78, 5) is 8.94. The molecule has 1 saturated heterocycles. The van der Waals surface area contributed by atoms with E-state index >= 15 is 0 Å². The maximum atomic E-state index is 11.9. The number of aromatic nitrogens is 4. The molecule has 3 heterocycles. The van der Waals surface area contributed by atoms with E-state index in [0.717, 1.165) is 17.3 Å². The summed E-state index contributed by atoms with van der Waals surface area (Å²) in [7, 11) is -3.77. The monoisotopic (exact) mass is 399 g/mol. The van der Waals surface area contributed by atoms with Gasteiger partial charge in [-0.05, 0) is 25.0 Å². The molecule has 3 aromatic rings. The van der Waals surface area contributed by atoms with Crippen LogP contribution in [0.1, 0.15) is 24.6 Å². The minimum atomic E-state index is -3.77. The van der Waals surface area contributed by atoms with Crippen LogP contribution in [0.15, 0.2) is 41.6 Å². The molecule has 0 atom stereocenters. The summed E-state index contributed by atoms with van der Waals surface area (Å²) < 4.78 is 25.9. The molecule has 1 saturated carbocycles. The summed E-state index contributed by atoms with van der Waals surface area (Å²) in [6, 6.07) is 6.87. The standard InChI is InChI=1S/C18H21N7O2S/c19-28(26,27)15-4-2-1-3-14(15)23-9-11-24(12-10-23)17-18-22-21-16(13-5-6-13)25(18)8-7-20-17/h1-4,7-8,13H,5-6,9-12H2,(H2,19,26,27). The van der Waals surface area contributed by atoms with Gasteiger partial charge in [-0.3, -0.25) is 4.40 Å². The maximum Gasteiger partial charge on any atom is 0.240 e. The predicted octanol–water partition coefficient (Wildman–Crippen LogP) is 0.976. The summed E-state index contributed by atoms with van der Waals surface area (Å²) in [5.74, 6) is 2.34. The van der Waals surface area contributed by atoms with Gasteiger partial charge in [0.15, 0.2) is 5.82 Å². The van der Waals surface area contributed by atoms with Crippen molar-refractivity contribution < 1.29 is 8.42 Å². The van der Waals surface area contributed by atoms with Crippen molar-refractivity contribution in [3.8, 4) is 0 Å². The van der Waals surface area contributed by atoms with E-state index in [-0.39, 0.29) is 4.90 Å². The number of fused-ring (bicyclic) bond motifs is 1. The van der Waals surface area contributed by atoms with Crippen LogP contribution in [-0.4, -0.2) is 54.2 Å². The number of rotatable bonds is 4. The Bertz CT molecular complexity index is 1130. The molecule has 28 heavy (non-hydrogen) atoms. The molecule has 2 aliphatic rings. The fourth-order valence-electron chi connectivity index (χ4n) is 3.79. The fourth-order valence-corrected chi connectivity index (χ4v) is 4.55. The van der Waals surface area contributed by atoms with Gasteiger partial charge < -0.3 is 9.80 Å². The van der Waals surface area contributed by atoms with E-state index in [4.69, 9.17) is 5.14 Å². The highest BCUT2D eigenvalue weighted by atomic mass is 32.2. The van der Waals surface area contributed by atoms with Crippen LogP contribution in [0.3, 0.4) is 0 Å². The third-order valence-electron chi connectivity index (χ3n) is 5.37. The fraction of sp³-hybridized carbons (Fsp3) is 0.389. The Morgan fingerprint density at radius 3 is 2.43 bits per heavy atom. The van der Waals surface area contributed by atoms with E-state index < -0.39 is 10.0 Å². The minimum absolute atomic E-state index is 0.162. The van der Waals surface area contributed by atoms with Crippen molar-refractivity contribution in [2.75, 3.05) is 36.0 Å². The van der Waals surface area contributed by atoms with Crippen LogP contribution in [0.4, 0.5) is 11.5 Å². The lowest BCUT2D eigenvalue weighted by Crippen LogP contribution is -2.47. The molecule has 0 spiro atoms. The number of nitrogens with two attached hydrogens (primary N) is 1. The number of para-hydroxylation sites is 1. The van der Waals surface area contributed by atoms with Crippen molar-refractivity contribution in [2.24, 2.45) is 5.14 Å². The molecule has 0 radical (unpaired) electrons. The summed E-state index contributed by atoms with van der Waals surface area (Å²) in [6.07, 6.45) is 6.05. The minimum Gasteiger partial charge on any atom is -0.367 e. The maximum absolute atomic E-state index is 11.9. The molecule has 1 aliphatic carbocycles. The lowest BCUT2D eigenvalue weighted by Gasteiger charge is -2.37. The average Bonchev–Trinajstić information content (AvgIpc) is 3.46. The van der Waals surface area contributed by atoms with Crippen LogP contribution in [0.2, 0.25) is 0 Å². The average molecular weight is 399 g/mol. The van der Waals surface area contributed by atoms with Gasteiger partial charge in [-0.25, -0.2) is 18.5 Å². The molecular formula is C18H21N7O2S. The van der Waals surface area contributed by atoms with Crippen molar-refractivity contribution in [1.82, 2.24) is 19.6 Å². The number of benzene rings is 1. The van der Waals surface area contributed by atoms with Gasteiger partial charge in [0.25, 0.3) is 0 Å². The van der Waals surface area contributed by atoms with E-state index in [0.29, 0.717) is 37.8 Å². The number of anilines is 2. The van der Waals surface area contributed by atoms with Gasteiger partial charge in [0, 0.05) is 44.5 Å². The normalized spacial score (nSPS) is 18.0. The zero-order valence-electron chi connectivity index (χ0n) is 15.3. The van der Waals surface area contributed by atoms with Gasteiger partial charge in [0.1, 0.15) is 10.7 Å². The number of piperazine rings is 1.